The minimum absolute atomic E-state index is 0.0365. The number of benzene rings is 1. The van der Waals surface area contributed by atoms with Crippen LogP contribution in [0.1, 0.15) is 26.5 Å². The number of thioether (sulfide) groups is 1. The summed E-state index contributed by atoms with van der Waals surface area (Å²) in [4.78, 5) is 17.2. The molecule has 6 nitrogen and oxygen atoms in total. The van der Waals surface area contributed by atoms with Gasteiger partial charge in [-0.3, -0.25) is 9.89 Å². The number of nitrogens with zero attached hydrogens (tertiary/aromatic N) is 2. The monoisotopic (exact) mass is 377 g/mol. The highest BCUT2D eigenvalue weighted by molar-refractivity contribution is 7.99. The van der Waals surface area contributed by atoms with E-state index in [4.69, 9.17) is 0 Å². The largest absolute Gasteiger partial charge is 0.282 e. The van der Waals surface area contributed by atoms with Gasteiger partial charge in [0.15, 0.2) is 5.65 Å². The zero-order valence-corrected chi connectivity index (χ0v) is 16.0. The van der Waals surface area contributed by atoms with Crippen molar-refractivity contribution < 1.29 is 8.42 Å². The molecule has 0 fully saturated rings. The van der Waals surface area contributed by atoms with Gasteiger partial charge in [0.1, 0.15) is 9.92 Å². The van der Waals surface area contributed by atoms with Crippen molar-refractivity contribution in [3.05, 3.63) is 52.4 Å². The summed E-state index contributed by atoms with van der Waals surface area (Å²) in [6.45, 7) is 5.79. The van der Waals surface area contributed by atoms with Crippen LogP contribution in [-0.4, -0.2) is 29.3 Å². The fraction of sp³-hybridized carbons (Fsp3) is 0.294. The summed E-state index contributed by atoms with van der Waals surface area (Å²) in [5, 5.41) is 3.25. The Bertz CT molecular complexity index is 1090. The lowest BCUT2D eigenvalue weighted by molar-refractivity contribution is 0.565. The Morgan fingerprint density at radius 3 is 2.36 bits per heavy atom. The number of rotatable bonds is 3. The van der Waals surface area contributed by atoms with Crippen LogP contribution in [0.15, 0.2) is 56.0 Å². The highest BCUT2D eigenvalue weighted by Crippen LogP contribution is 2.32. The van der Waals surface area contributed by atoms with E-state index in [0.29, 0.717) is 10.7 Å². The molecule has 3 rings (SSSR count). The van der Waals surface area contributed by atoms with E-state index in [1.807, 2.05) is 20.8 Å². The van der Waals surface area contributed by atoms with Crippen molar-refractivity contribution in [1.29, 1.82) is 0 Å². The van der Waals surface area contributed by atoms with Crippen LogP contribution in [0.25, 0.3) is 5.65 Å². The van der Waals surface area contributed by atoms with Crippen molar-refractivity contribution in [3.8, 4) is 0 Å². The fourth-order valence-electron chi connectivity index (χ4n) is 2.48. The lowest BCUT2D eigenvalue weighted by Crippen LogP contribution is -2.22. The van der Waals surface area contributed by atoms with Crippen LogP contribution < -0.4 is 5.56 Å². The summed E-state index contributed by atoms with van der Waals surface area (Å²) in [7, 11) is -3.82. The second kappa shape index (κ2) is 6.03. The second-order valence-electron chi connectivity index (χ2n) is 6.68. The summed E-state index contributed by atoms with van der Waals surface area (Å²) >= 11 is 1.23. The van der Waals surface area contributed by atoms with Crippen molar-refractivity contribution in [1.82, 2.24) is 14.6 Å². The maximum absolute atomic E-state index is 13.2. The van der Waals surface area contributed by atoms with Crippen molar-refractivity contribution in [3.63, 3.8) is 0 Å². The van der Waals surface area contributed by atoms with Gasteiger partial charge in [0, 0.05) is 11.5 Å². The molecule has 0 aliphatic carbocycles. The number of aromatic nitrogens is 3. The molecule has 0 bridgehead atoms. The lowest BCUT2D eigenvalue weighted by atomic mass is 9.92. The maximum Gasteiger partial charge on any atom is 0.272 e. The quantitative estimate of drug-likeness (QED) is 0.710. The number of aromatic amines is 1. The molecule has 0 atom stereocenters. The minimum Gasteiger partial charge on any atom is -0.282 e. The van der Waals surface area contributed by atoms with Gasteiger partial charge in [-0.05, 0) is 18.4 Å². The molecule has 1 aromatic carbocycles. The Morgan fingerprint density at radius 2 is 1.80 bits per heavy atom. The number of hydrogen-bond acceptors (Lipinski definition) is 5. The molecule has 2 heterocycles. The third-order valence-electron chi connectivity index (χ3n) is 3.84. The van der Waals surface area contributed by atoms with Gasteiger partial charge in [-0.2, -0.15) is 4.52 Å². The van der Waals surface area contributed by atoms with Gasteiger partial charge >= 0.3 is 0 Å². The van der Waals surface area contributed by atoms with Crippen LogP contribution in [-0.2, 0) is 15.3 Å². The molecular weight excluding hydrogens is 358 g/mol. The Kier molecular flexibility index (Phi) is 4.28. The van der Waals surface area contributed by atoms with Gasteiger partial charge in [0.05, 0.1) is 10.6 Å². The van der Waals surface area contributed by atoms with Crippen LogP contribution in [0, 0.1) is 0 Å². The van der Waals surface area contributed by atoms with E-state index in [1.54, 1.807) is 24.5 Å². The Hall–Kier alpha value is -2.06. The van der Waals surface area contributed by atoms with Crippen molar-refractivity contribution in [2.45, 2.75) is 41.0 Å². The van der Waals surface area contributed by atoms with E-state index >= 15 is 0 Å². The zero-order valence-electron chi connectivity index (χ0n) is 14.4. The summed E-state index contributed by atoms with van der Waals surface area (Å²) in [5.74, 6) is 0. The predicted molar refractivity (Wildman–Crippen MR) is 98.2 cm³/mol. The van der Waals surface area contributed by atoms with Gasteiger partial charge < -0.3 is 0 Å². The topological polar surface area (TPSA) is 84.3 Å². The molecule has 0 spiro atoms. The molecule has 0 radical (unpaired) electrons. The second-order valence-corrected chi connectivity index (χ2v) is 9.38. The van der Waals surface area contributed by atoms with Gasteiger partial charge in [0.2, 0.25) is 9.84 Å². The van der Waals surface area contributed by atoms with Crippen LogP contribution in [0.2, 0.25) is 0 Å². The van der Waals surface area contributed by atoms with E-state index < -0.39 is 9.84 Å². The average molecular weight is 377 g/mol. The molecule has 0 aliphatic rings. The third-order valence-corrected chi connectivity index (χ3v) is 6.49. The molecule has 0 saturated heterocycles. The molecule has 0 unspecified atom stereocenters. The van der Waals surface area contributed by atoms with E-state index in [9.17, 15) is 13.2 Å². The number of hydrogen-bond donors (Lipinski definition) is 1. The lowest BCUT2D eigenvalue weighted by Gasteiger charge is -2.17. The Balaban J connectivity index is 2.42. The standard InChI is InChI=1S/C17H19N3O3S2/c1-17(2,3)12-10-13(21)20-15(18-12)14(16(19-20)24-4)25(22,23)11-8-6-5-7-9-11/h5-10,19H,1-4H3. The molecule has 25 heavy (non-hydrogen) atoms. The van der Waals surface area contributed by atoms with E-state index in [-0.39, 0.29) is 26.4 Å². The maximum atomic E-state index is 13.2. The number of nitrogens with one attached hydrogen (secondary N) is 1. The van der Waals surface area contributed by atoms with Crippen molar-refractivity contribution >= 4 is 27.2 Å². The first-order valence-corrected chi connectivity index (χ1v) is 10.4. The first-order chi connectivity index (χ1) is 11.7. The zero-order chi connectivity index (χ0) is 18.4. The molecule has 0 aliphatic heterocycles. The van der Waals surface area contributed by atoms with Crippen LogP contribution in [0.4, 0.5) is 0 Å². The Labute approximate surface area is 150 Å². The Morgan fingerprint density at radius 1 is 1.16 bits per heavy atom. The van der Waals surface area contributed by atoms with Gasteiger partial charge in [-0.25, -0.2) is 13.4 Å². The van der Waals surface area contributed by atoms with E-state index in [1.165, 1.54) is 34.5 Å². The van der Waals surface area contributed by atoms with Crippen molar-refractivity contribution in [2.75, 3.05) is 6.26 Å². The molecule has 3 aromatic rings. The first-order valence-electron chi connectivity index (χ1n) is 7.66. The molecule has 132 valence electrons. The summed E-state index contributed by atoms with van der Waals surface area (Å²) in [6.07, 6.45) is 1.75. The van der Waals surface area contributed by atoms with Crippen LogP contribution in [0.5, 0.6) is 0 Å². The smallest absolute Gasteiger partial charge is 0.272 e. The normalized spacial score (nSPS) is 12.6. The van der Waals surface area contributed by atoms with Gasteiger partial charge in [-0.15, -0.1) is 11.8 Å². The summed E-state index contributed by atoms with van der Waals surface area (Å²) < 4.78 is 27.5. The predicted octanol–water partition coefficient (Wildman–Crippen LogP) is 2.87. The number of H-pyrrole nitrogens is 1. The summed E-state index contributed by atoms with van der Waals surface area (Å²) in [5.41, 5.74) is -0.0302. The molecule has 0 saturated carbocycles. The van der Waals surface area contributed by atoms with Crippen molar-refractivity contribution in [2.24, 2.45) is 0 Å². The highest BCUT2D eigenvalue weighted by Gasteiger charge is 2.29. The molecular formula is C17H19N3O3S2. The SMILES string of the molecule is CSc1[nH]n2c(=O)cc(C(C)(C)C)nc2c1S(=O)(=O)c1ccccc1. The van der Waals surface area contributed by atoms with E-state index in [0.717, 1.165) is 0 Å². The highest BCUT2D eigenvalue weighted by atomic mass is 32.2. The minimum atomic E-state index is -3.82. The molecule has 1 N–H and O–H groups in total. The molecule has 2 aromatic heterocycles. The fourth-order valence-corrected chi connectivity index (χ4v) is 4.94. The molecule has 0 amide bonds. The van der Waals surface area contributed by atoms with Gasteiger partial charge in [-0.1, -0.05) is 39.0 Å². The first kappa shape index (κ1) is 17.8. The summed E-state index contributed by atoms with van der Waals surface area (Å²) in [6, 6.07) is 9.60. The third kappa shape index (κ3) is 3.00. The van der Waals surface area contributed by atoms with Crippen LogP contribution >= 0.6 is 11.8 Å². The number of sulfone groups is 1. The number of fused-ring (bicyclic) bond motifs is 1. The van der Waals surface area contributed by atoms with Crippen LogP contribution in [0.3, 0.4) is 0 Å². The van der Waals surface area contributed by atoms with E-state index in [2.05, 4.69) is 10.1 Å². The molecule has 8 heteroatoms. The average Bonchev–Trinajstić information content (AvgIpc) is 2.95. The van der Waals surface area contributed by atoms with Gasteiger partial charge in [0.25, 0.3) is 5.56 Å².